The van der Waals surface area contributed by atoms with Crippen LogP contribution in [0.4, 0.5) is 0 Å². The van der Waals surface area contributed by atoms with Gasteiger partial charge in [-0.25, -0.2) is 0 Å². The predicted molar refractivity (Wildman–Crippen MR) is 87.6 cm³/mol. The van der Waals surface area contributed by atoms with Crippen molar-refractivity contribution in [2.45, 2.75) is 65.6 Å². The number of aryl methyl sites for hydroxylation is 1. The summed E-state index contributed by atoms with van der Waals surface area (Å²) >= 11 is 0. The highest BCUT2D eigenvalue weighted by Crippen LogP contribution is 2.32. The van der Waals surface area contributed by atoms with Crippen LogP contribution in [0, 0.1) is 5.92 Å². The molecule has 0 radical (unpaired) electrons. The number of benzene rings is 1. The van der Waals surface area contributed by atoms with Crippen molar-refractivity contribution in [3.05, 3.63) is 34.9 Å². The third-order valence-corrected chi connectivity index (χ3v) is 4.12. The average Bonchev–Trinajstić information content (AvgIpc) is 2.91. The predicted octanol–water partition coefficient (Wildman–Crippen LogP) is 5.01. The van der Waals surface area contributed by atoms with Crippen LogP contribution in [0.2, 0.25) is 0 Å². The third kappa shape index (κ3) is 4.55. The summed E-state index contributed by atoms with van der Waals surface area (Å²) in [6.07, 6.45) is 3.45. The molecule has 1 aliphatic rings. The molecule has 0 spiro atoms. The smallest absolute Gasteiger partial charge is 0.184 e. The van der Waals surface area contributed by atoms with E-state index in [2.05, 4.69) is 52.8 Å². The average molecular weight is 290 g/mol. The highest BCUT2D eigenvalue weighted by Gasteiger charge is 2.24. The molecule has 0 atom stereocenters. The van der Waals surface area contributed by atoms with Gasteiger partial charge in [-0.1, -0.05) is 53.2 Å². The fourth-order valence-corrected chi connectivity index (χ4v) is 2.75. The van der Waals surface area contributed by atoms with Crippen LogP contribution in [0.1, 0.15) is 70.4 Å². The highest BCUT2D eigenvalue weighted by atomic mass is 16.7. The Labute approximate surface area is 129 Å². The Morgan fingerprint density at radius 2 is 1.81 bits per heavy atom. The molecule has 1 aromatic rings. The Balaban J connectivity index is 2.21. The summed E-state index contributed by atoms with van der Waals surface area (Å²) in [6, 6.07) is 6.84. The van der Waals surface area contributed by atoms with Gasteiger partial charge < -0.3 is 9.47 Å². The molecule has 0 N–H and O–H groups in total. The van der Waals surface area contributed by atoms with Gasteiger partial charge in [-0.15, -0.1) is 0 Å². The minimum absolute atomic E-state index is 0.157. The zero-order valence-electron chi connectivity index (χ0n) is 14.2. The van der Waals surface area contributed by atoms with E-state index in [4.69, 9.17) is 9.47 Å². The van der Waals surface area contributed by atoms with E-state index >= 15 is 0 Å². The molecule has 21 heavy (non-hydrogen) atoms. The zero-order chi connectivity index (χ0) is 15.5. The lowest BCUT2D eigenvalue weighted by Gasteiger charge is -2.23. The Morgan fingerprint density at radius 1 is 1.14 bits per heavy atom. The van der Waals surface area contributed by atoms with Crippen molar-refractivity contribution in [2.24, 2.45) is 5.92 Å². The lowest BCUT2D eigenvalue weighted by Crippen LogP contribution is -2.13. The second-order valence-electron chi connectivity index (χ2n) is 7.52. The minimum Gasteiger partial charge on any atom is -0.346 e. The maximum Gasteiger partial charge on any atom is 0.184 e. The molecule has 2 heteroatoms. The molecule has 2 nitrogen and oxygen atoms in total. The van der Waals surface area contributed by atoms with E-state index in [9.17, 15) is 0 Å². The molecular weight excluding hydrogens is 260 g/mol. The largest absolute Gasteiger partial charge is 0.346 e. The first-order chi connectivity index (χ1) is 9.88. The summed E-state index contributed by atoms with van der Waals surface area (Å²) in [7, 11) is 0. The molecule has 2 rings (SSSR count). The molecule has 118 valence electrons. The summed E-state index contributed by atoms with van der Waals surface area (Å²) in [6.45, 7) is 12.7. The van der Waals surface area contributed by atoms with Gasteiger partial charge >= 0.3 is 0 Å². The summed E-state index contributed by atoms with van der Waals surface area (Å²) < 4.78 is 11.5. The van der Waals surface area contributed by atoms with E-state index in [-0.39, 0.29) is 11.7 Å². The van der Waals surface area contributed by atoms with E-state index in [1.54, 1.807) is 0 Å². The number of ether oxygens (including phenoxy) is 2. The monoisotopic (exact) mass is 290 g/mol. The van der Waals surface area contributed by atoms with Crippen molar-refractivity contribution in [3.63, 3.8) is 0 Å². The van der Waals surface area contributed by atoms with Crippen molar-refractivity contribution in [1.29, 1.82) is 0 Å². The fourth-order valence-electron chi connectivity index (χ4n) is 2.75. The van der Waals surface area contributed by atoms with Gasteiger partial charge in [0.2, 0.25) is 0 Å². The van der Waals surface area contributed by atoms with Gasteiger partial charge in [0.1, 0.15) is 0 Å². The van der Waals surface area contributed by atoms with E-state index in [1.807, 2.05) is 0 Å². The number of hydrogen-bond acceptors (Lipinski definition) is 2. The maximum atomic E-state index is 5.75. The Kier molecular flexibility index (Phi) is 5.45. The van der Waals surface area contributed by atoms with Gasteiger partial charge in [0.05, 0.1) is 13.2 Å². The van der Waals surface area contributed by atoms with Gasteiger partial charge in [-0.2, -0.15) is 0 Å². The minimum atomic E-state index is -0.165. The van der Waals surface area contributed by atoms with Crippen molar-refractivity contribution >= 4 is 0 Å². The summed E-state index contributed by atoms with van der Waals surface area (Å²) in [4.78, 5) is 0. The van der Waals surface area contributed by atoms with Crippen LogP contribution in [0.25, 0.3) is 0 Å². The normalized spacial score (nSPS) is 16.9. The maximum absolute atomic E-state index is 5.75. The molecule has 0 aromatic heterocycles. The van der Waals surface area contributed by atoms with Crippen LogP contribution >= 0.6 is 0 Å². The van der Waals surface area contributed by atoms with Crippen LogP contribution in [-0.4, -0.2) is 13.2 Å². The number of rotatable bonds is 5. The second-order valence-corrected chi connectivity index (χ2v) is 7.52. The van der Waals surface area contributed by atoms with Crippen molar-refractivity contribution in [1.82, 2.24) is 0 Å². The summed E-state index contributed by atoms with van der Waals surface area (Å²) in [5.41, 5.74) is 4.13. The molecule has 1 aliphatic heterocycles. The first kappa shape index (κ1) is 16.5. The van der Waals surface area contributed by atoms with Gasteiger partial charge in [-0.05, 0) is 41.4 Å². The Morgan fingerprint density at radius 3 is 2.38 bits per heavy atom. The SMILES string of the molecule is CC(C)CCCc1ccc(C(C)(C)C)cc1C1OCCO1. The standard InChI is InChI=1S/C19H30O2/c1-14(2)7-6-8-15-9-10-16(19(3,4)5)13-17(15)18-20-11-12-21-18/h9-10,13-14,18H,6-8,11-12H2,1-5H3. The van der Waals surface area contributed by atoms with Crippen LogP contribution in [0.5, 0.6) is 0 Å². The Hall–Kier alpha value is -0.860. The quantitative estimate of drug-likeness (QED) is 0.759. The fraction of sp³-hybridized carbons (Fsp3) is 0.684. The van der Waals surface area contributed by atoms with E-state index in [1.165, 1.54) is 29.5 Å². The first-order valence-corrected chi connectivity index (χ1v) is 8.24. The van der Waals surface area contributed by atoms with Crippen LogP contribution in [0.15, 0.2) is 18.2 Å². The molecule has 0 unspecified atom stereocenters. The van der Waals surface area contributed by atoms with Crippen molar-refractivity contribution in [2.75, 3.05) is 13.2 Å². The zero-order valence-corrected chi connectivity index (χ0v) is 14.2. The summed E-state index contributed by atoms with van der Waals surface area (Å²) in [5.74, 6) is 0.765. The molecular formula is C19H30O2. The van der Waals surface area contributed by atoms with E-state index < -0.39 is 0 Å². The first-order valence-electron chi connectivity index (χ1n) is 8.24. The van der Waals surface area contributed by atoms with Crippen LogP contribution in [0.3, 0.4) is 0 Å². The van der Waals surface area contributed by atoms with Gasteiger partial charge in [0.25, 0.3) is 0 Å². The molecule has 1 aromatic carbocycles. The van der Waals surface area contributed by atoms with Gasteiger partial charge in [0.15, 0.2) is 6.29 Å². The number of hydrogen-bond donors (Lipinski definition) is 0. The molecule has 0 bridgehead atoms. The molecule has 1 saturated heterocycles. The summed E-state index contributed by atoms with van der Waals surface area (Å²) in [5, 5.41) is 0. The van der Waals surface area contributed by atoms with Crippen molar-refractivity contribution in [3.8, 4) is 0 Å². The molecule has 1 heterocycles. The topological polar surface area (TPSA) is 18.5 Å². The van der Waals surface area contributed by atoms with Crippen molar-refractivity contribution < 1.29 is 9.47 Å². The second kappa shape index (κ2) is 6.93. The van der Waals surface area contributed by atoms with E-state index in [0.29, 0.717) is 13.2 Å². The molecule has 1 fully saturated rings. The third-order valence-electron chi connectivity index (χ3n) is 4.12. The molecule has 0 aliphatic carbocycles. The highest BCUT2D eigenvalue weighted by molar-refractivity contribution is 5.36. The van der Waals surface area contributed by atoms with Gasteiger partial charge in [0, 0.05) is 5.56 Å². The van der Waals surface area contributed by atoms with Crippen LogP contribution in [-0.2, 0) is 21.3 Å². The van der Waals surface area contributed by atoms with Crippen LogP contribution < -0.4 is 0 Å². The van der Waals surface area contributed by atoms with E-state index in [0.717, 1.165) is 12.3 Å². The lowest BCUT2D eigenvalue weighted by atomic mass is 9.84. The lowest BCUT2D eigenvalue weighted by molar-refractivity contribution is -0.0448. The Bertz CT molecular complexity index is 451. The molecule has 0 saturated carbocycles. The van der Waals surface area contributed by atoms with Gasteiger partial charge in [-0.3, -0.25) is 0 Å². The molecule has 0 amide bonds.